The third kappa shape index (κ3) is 5.54. The Balaban J connectivity index is 1.94. The minimum Gasteiger partial charge on any atom is -0.481 e. The van der Waals surface area contributed by atoms with Gasteiger partial charge in [0.2, 0.25) is 10.0 Å². The molecule has 2 N–H and O–H groups in total. The van der Waals surface area contributed by atoms with Crippen molar-refractivity contribution >= 4 is 21.6 Å². The van der Waals surface area contributed by atoms with E-state index in [-0.39, 0.29) is 23.3 Å². The molecular formula is C17H19FN2O4S. The summed E-state index contributed by atoms with van der Waals surface area (Å²) in [7, 11) is -3.58. The van der Waals surface area contributed by atoms with E-state index in [1.165, 1.54) is 42.5 Å². The van der Waals surface area contributed by atoms with Gasteiger partial charge in [-0.25, -0.2) is 17.5 Å². The molecule has 0 saturated carbocycles. The molecule has 0 bridgehead atoms. The molecule has 1 amide bonds. The number of ether oxygens (including phenoxy) is 1. The Hall–Kier alpha value is -2.45. The van der Waals surface area contributed by atoms with Crippen LogP contribution in [-0.4, -0.2) is 27.0 Å². The van der Waals surface area contributed by atoms with Crippen LogP contribution in [0.5, 0.6) is 5.75 Å². The van der Waals surface area contributed by atoms with Crippen molar-refractivity contribution in [3.63, 3.8) is 0 Å². The number of anilines is 1. The summed E-state index contributed by atoms with van der Waals surface area (Å²) < 4.78 is 45.0. The smallest absolute Gasteiger partial charge is 0.262 e. The largest absolute Gasteiger partial charge is 0.481 e. The number of nitrogens with one attached hydrogen (secondary N) is 2. The molecular weight excluding hydrogens is 347 g/mol. The first-order valence-corrected chi connectivity index (χ1v) is 9.06. The van der Waals surface area contributed by atoms with Crippen molar-refractivity contribution in [1.29, 1.82) is 0 Å². The van der Waals surface area contributed by atoms with Gasteiger partial charge in [0, 0.05) is 11.7 Å². The molecule has 0 spiro atoms. The van der Waals surface area contributed by atoms with Gasteiger partial charge in [0.15, 0.2) is 18.2 Å². The molecule has 134 valence electrons. The highest BCUT2D eigenvalue weighted by Crippen LogP contribution is 2.16. The van der Waals surface area contributed by atoms with E-state index in [4.69, 9.17) is 4.74 Å². The Morgan fingerprint density at radius 1 is 1.12 bits per heavy atom. The maximum absolute atomic E-state index is 13.4. The zero-order chi connectivity index (χ0) is 18.4. The molecule has 0 aliphatic heterocycles. The van der Waals surface area contributed by atoms with Crippen LogP contribution in [0.1, 0.15) is 13.8 Å². The zero-order valence-corrected chi connectivity index (χ0v) is 14.6. The lowest BCUT2D eigenvalue weighted by molar-refractivity contribution is -0.118. The van der Waals surface area contributed by atoms with Crippen molar-refractivity contribution in [2.45, 2.75) is 24.8 Å². The molecule has 25 heavy (non-hydrogen) atoms. The Labute approximate surface area is 146 Å². The van der Waals surface area contributed by atoms with E-state index >= 15 is 0 Å². The van der Waals surface area contributed by atoms with Gasteiger partial charge in [0.05, 0.1) is 4.90 Å². The summed E-state index contributed by atoms with van der Waals surface area (Å²) in [5, 5.41) is 2.55. The molecule has 0 aromatic heterocycles. The summed E-state index contributed by atoms with van der Waals surface area (Å²) in [6.07, 6.45) is 0. The van der Waals surface area contributed by atoms with Gasteiger partial charge in [-0.2, -0.15) is 0 Å². The maximum atomic E-state index is 13.4. The highest BCUT2D eigenvalue weighted by molar-refractivity contribution is 7.89. The number of sulfonamides is 1. The van der Waals surface area contributed by atoms with Crippen LogP contribution in [0.4, 0.5) is 10.1 Å². The molecule has 8 heteroatoms. The number of carbonyl (C=O) groups excluding carboxylic acids is 1. The Morgan fingerprint density at radius 2 is 1.76 bits per heavy atom. The third-order valence-electron chi connectivity index (χ3n) is 3.03. The second kappa shape index (κ2) is 8.09. The van der Waals surface area contributed by atoms with Gasteiger partial charge in [-0.1, -0.05) is 12.1 Å². The molecule has 0 aliphatic rings. The van der Waals surface area contributed by atoms with E-state index in [1.807, 2.05) is 0 Å². The summed E-state index contributed by atoms with van der Waals surface area (Å²) in [5.74, 6) is -1.06. The lowest BCUT2D eigenvalue weighted by Crippen LogP contribution is -2.30. The minimum absolute atomic E-state index is 0.0150. The fraction of sp³-hybridized carbons (Fsp3) is 0.235. The van der Waals surface area contributed by atoms with Gasteiger partial charge >= 0.3 is 0 Å². The number of carbonyl (C=O) groups is 1. The fourth-order valence-electron chi connectivity index (χ4n) is 2.00. The van der Waals surface area contributed by atoms with E-state index < -0.39 is 21.7 Å². The van der Waals surface area contributed by atoms with Crippen molar-refractivity contribution in [3.8, 4) is 5.75 Å². The van der Waals surface area contributed by atoms with Crippen LogP contribution >= 0.6 is 0 Å². The normalized spacial score (nSPS) is 11.4. The molecule has 0 aliphatic carbocycles. The average Bonchev–Trinajstić information content (AvgIpc) is 2.53. The Kier molecular flexibility index (Phi) is 6.11. The first-order valence-electron chi connectivity index (χ1n) is 7.57. The number of halogens is 1. The standard InChI is InChI=1S/C17H19FN2O4S/c1-12(2)20-25(22,23)14-9-7-13(8-10-14)19-17(21)11-24-16-6-4-3-5-15(16)18/h3-10,12,20H,11H2,1-2H3,(H,19,21). The van der Waals surface area contributed by atoms with Gasteiger partial charge < -0.3 is 10.1 Å². The molecule has 2 aromatic carbocycles. The number of hydrogen-bond acceptors (Lipinski definition) is 4. The third-order valence-corrected chi connectivity index (χ3v) is 4.71. The van der Waals surface area contributed by atoms with Gasteiger partial charge in [-0.05, 0) is 50.2 Å². The first kappa shape index (κ1) is 18.9. The van der Waals surface area contributed by atoms with Gasteiger partial charge in [0.25, 0.3) is 5.91 Å². The van der Waals surface area contributed by atoms with Crippen molar-refractivity contribution in [2.24, 2.45) is 0 Å². The quantitative estimate of drug-likeness (QED) is 0.789. The fourth-order valence-corrected chi connectivity index (χ4v) is 3.25. The van der Waals surface area contributed by atoms with Gasteiger partial charge in [-0.3, -0.25) is 4.79 Å². The summed E-state index contributed by atoms with van der Waals surface area (Å²) in [4.78, 5) is 11.9. The van der Waals surface area contributed by atoms with E-state index in [2.05, 4.69) is 10.0 Å². The maximum Gasteiger partial charge on any atom is 0.262 e. The van der Waals surface area contributed by atoms with Gasteiger partial charge in [0.1, 0.15) is 0 Å². The topological polar surface area (TPSA) is 84.5 Å². The molecule has 6 nitrogen and oxygen atoms in total. The lowest BCUT2D eigenvalue weighted by Gasteiger charge is -2.11. The number of rotatable bonds is 7. The molecule has 0 heterocycles. The predicted molar refractivity (Wildman–Crippen MR) is 92.4 cm³/mol. The summed E-state index contributed by atoms with van der Waals surface area (Å²) in [6.45, 7) is 3.08. The van der Waals surface area contributed by atoms with Crippen LogP contribution < -0.4 is 14.8 Å². The predicted octanol–water partition coefficient (Wildman–Crippen LogP) is 2.53. The van der Waals surface area contributed by atoms with E-state index in [9.17, 15) is 17.6 Å². The molecule has 0 unspecified atom stereocenters. The molecule has 2 rings (SSSR count). The summed E-state index contributed by atoms with van der Waals surface area (Å²) >= 11 is 0. The highest BCUT2D eigenvalue weighted by atomic mass is 32.2. The molecule has 0 fully saturated rings. The number of amides is 1. The number of benzene rings is 2. The van der Waals surface area contributed by atoms with Crippen LogP contribution in [0.25, 0.3) is 0 Å². The molecule has 0 atom stereocenters. The summed E-state index contributed by atoms with van der Waals surface area (Å²) in [5.41, 5.74) is 0.408. The Morgan fingerprint density at radius 3 is 2.36 bits per heavy atom. The van der Waals surface area contributed by atoms with Gasteiger partial charge in [-0.15, -0.1) is 0 Å². The monoisotopic (exact) mass is 366 g/mol. The SMILES string of the molecule is CC(C)NS(=O)(=O)c1ccc(NC(=O)COc2ccccc2F)cc1. The van der Waals surface area contributed by atoms with Crippen LogP contribution in [0, 0.1) is 5.82 Å². The summed E-state index contributed by atoms with van der Waals surface area (Å²) in [6, 6.07) is 11.3. The van der Waals surface area contributed by atoms with Crippen molar-refractivity contribution in [1.82, 2.24) is 4.72 Å². The van der Waals surface area contributed by atoms with Crippen LogP contribution in [0.3, 0.4) is 0 Å². The second-order valence-electron chi connectivity index (χ2n) is 5.57. The van der Waals surface area contributed by atoms with E-state index in [0.29, 0.717) is 5.69 Å². The van der Waals surface area contributed by atoms with Crippen molar-refractivity contribution in [2.75, 3.05) is 11.9 Å². The first-order chi connectivity index (χ1) is 11.8. The van der Waals surface area contributed by atoms with Crippen LogP contribution in [0.2, 0.25) is 0 Å². The van der Waals surface area contributed by atoms with E-state index in [1.54, 1.807) is 19.9 Å². The Bertz CT molecular complexity index is 836. The average molecular weight is 366 g/mol. The molecule has 0 saturated heterocycles. The second-order valence-corrected chi connectivity index (χ2v) is 7.28. The highest BCUT2D eigenvalue weighted by Gasteiger charge is 2.15. The molecule has 0 radical (unpaired) electrons. The van der Waals surface area contributed by atoms with Crippen LogP contribution in [-0.2, 0) is 14.8 Å². The van der Waals surface area contributed by atoms with Crippen LogP contribution in [0.15, 0.2) is 53.4 Å². The number of para-hydroxylation sites is 1. The minimum atomic E-state index is -3.58. The number of hydrogen-bond donors (Lipinski definition) is 2. The van der Waals surface area contributed by atoms with E-state index in [0.717, 1.165) is 0 Å². The van der Waals surface area contributed by atoms with Crippen molar-refractivity contribution < 1.29 is 22.3 Å². The lowest BCUT2D eigenvalue weighted by atomic mass is 10.3. The van der Waals surface area contributed by atoms with Crippen molar-refractivity contribution in [3.05, 3.63) is 54.3 Å². The zero-order valence-electron chi connectivity index (χ0n) is 13.8. The molecule has 2 aromatic rings.